The normalized spacial score (nSPS) is 21.2. The Morgan fingerprint density at radius 3 is 2.23 bits per heavy atom. The van der Waals surface area contributed by atoms with Gasteiger partial charge in [-0.1, -0.05) is 0 Å². The molecule has 1 N–H and O–H groups in total. The quantitative estimate of drug-likeness (QED) is 0.726. The summed E-state index contributed by atoms with van der Waals surface area (Å²) in [7, 11) is 2.00. The molecule has 0 spiro atoms. The van der Waals surface area contributed by atoms with Crippen LogP contribution in [0.4, 0.5) is 0 Å². The van der Waals surface area contributed by atoms with E-state index in [4.69, 9.17) is 4.74 Å². The molecule has 78 valence electrons. The molecule has 2 nitrogen and oxygen atoms in total. The maximum absolute atomic E-state index is 6.12. The molecule has 0 amide bonds. The second kappa shape index (κ2) is 3.97. The summed E-state index contributed by atoms with van der Waals surface area (Å²) in [6.07, 6.45) is 4.97. The molecule has 0 atom stereocenters. The summed E-state index contributed by atoms with van der Waals surface area (Å²) in [5, 5.41) is 3.20. The maximum atomic E-state index is 6.12. The first-order chi connectivity index (χ1) is 5.97. The van der Waals surface area contributed by atoms with E-state index in [9.17, 15) is 0 Å². The zero-order valence-electron chi connectivity index (χ0n) is 9.44. The first kappa shape index (κ1) is 11.0. The number of hydrogen-bond donors (Lipinski definition) is 1. The average molecular weight is 185 g/mol. The standard InChI is InChI=1S/C11H23NO/c1-10(2,3)13-11(6-5-7-11)8-9-12-4/h12H,5-9H2,1-4H3. The Kier molecular flexibility index (Phi) is 3.36. The smallest absolute Gasteiger partial charge is 0.0701 e. The van der Waals surface area contributed by atoms with Gasteiger partial charge in [-0.25, -0.2) is 0 Å². The lowest BCUT2D eigenvalue weighted by Gasteiger charge is -2.46. The highest BCUT2D eigenvalue weighted by molar-refractivity contribution is 4.92. The van der Waals surface area contributed by atoms with E-state index in [1.165, 1.54) is 19.3 Å². The molecule has 0 aliphatic heterocycles. The van der Waals surface area contributed by atoms with E-state index in [0.717, 1.165) is 13.0 Å². The van der Waals surface area contributed by atoms with Crippen molar-refractivity contribution < 1.29 is 4.74 Å². The molecule has 0 bridgehead atoms. The van der Waals surface area contributed by atoms with Crippen molar-refractivity contribution in [2.24, 2.45) is 0 Å². The van der Waals surface area contributed by atoms with Gasteiger partial charge in [0.2, 0.25) is 0 Å². The maximum Gasteiger partial charge on any atom is 0.0701 e. The van der Waals surface area contributed by atoms with E-state index in [2.05, 4.69) is 26.1 Å². The van der Waals surface area contributed by atoms with Gasteiger partial charge in [0.15, 0.2) is 0 Å². The molecule has 0 aromatic rings. The van der Waals surface area contributed by atoms with Crippen LogP contribution >= 0.6 is 0 Å². The highest BCUT2D eigenvalue weighted by atomic mass is 16.5. The summed E-state index contributed by atoms with van der Waals surface area (Å²) in [6, 6.07) is 0. The van der Waals surface area contributed by atoms with Gasteiger partial charge in [-0.3, -0.25) is 0 Å². The van der Waals surface area contributed by atoms with Gasteiger partial charge in [-0.15, -0.1) is 0 Å². The van der Waals surface area contributed by atoms with Crippen LogP contribution in [0.1, 0.15) is 46.5 Å². The third-order valence-electron chi connectivity index (χ3n) is 2.62. The van der Waals surface area contributed by atoms with Crippen LogP contribution in [-0.4, -0.2) is 24.8 Å². The third kappa shape index (κ3) is 3.28. The van der Waals surface area contributed by atoms with Crippen molar-refractivity contribution in [3.05, 3.63) is 0 Å². The summed E-state index contributed by atoms with van der Waals surface area (Å²) >= 11 is 0. The molecule has 0 saturated heterocycles. The van der Waals surface area contributed by atoms with Gasteiger partial charge in [0.1, 0.15) is 0 Å². The van der Waals surface area contributed by atoms with Crippen LogP contribution in [0.2, 0.25) is 0 Å². The van der Waals surface area contributed by atoms with Crippen molar-refractivity contribution in [3.63, 3.8) is 0 Å². The first-order valence-corrected chi connectivity index (χ1v) is 5.32. The zero-order valence-corrected chi connectivity index (χ0v) is 9.44. The zero-order chi connectivity index (χ0) is 9.95. The molecule has 0 radical (unpaired) electrons. The Labute approximate surface area is 82.0 Å². The summed E-state index contributed by atoms with van der Waals surface area (Å²) in [6.45, 7) is 7.50. The highest BCUT2D eigenvalue weighted by Crippen LogP contribution is 2.41. The van der Waals surface area contributed by atoms with E-state index < -0.39 is 0 Å². The van der Waals surface area contributed by atoms with Gasteiger partial charge in [-0.2, -0.15) is 0 Å². The summed E-state index contributed by atoms with van der Waals surface area (Å²) < 4.78 is 6.12. The largest absolute Gasteiger partial charge is 0.369 e. The molecule has 0 aromatic heterocycles. The predicted octanol–water partition coefficient (Wildman–Crippen LogP) is 2.33. The molecule has 1 saturated carbocycles. The van der Waals surface area contributed by atoms with E-state index in [1.54, 1.807) is 0 Å². The van der Waals surface area contributed by atoms with Crippen LogP contribution in [0.15, 0.2) is 0 Å². The van der Waals surface area contributed by atoms with Gasteiger partial charge in [0, 0.05) is 0 Å². The molecule has 1 aliphatic rings. The van der Waals surface area contributed by atoms with Crippen molar-refractivity contribution in [1.82, 2.24) is 5.32 Å². The van der Waals surface area contributed by atoms with Gasteiger partial charge in [0.05, 0.1) is 11.2 Å². The van der Waals surface area contributed by atoms with Crippen molar-refractivity contribution in [2.45, 2.75) is 57.7 Å². The van der Waals surface area contributed by atoms with E-state index >= 15 is 0 Å². The molecule has 1 fully saturated rings. The lowest BCUT2D eigenvalue weighted by atomic mass is 9.77. The highest BCUT2D eigenvalue weighted by Gasteiger charge is 2.40. The Bertz CT molecular complexity index is 156. The Hall–Kier alpha value is -0.0800. The average Bonchev–Trinajstić information content (AvgIpc) is 1.92. The summed E-state index contributed by atoms with van der Waals surface area (Å²) in [4.78, 5) is 0. The monoisotopic (exact) mass is 185 g/mol. The van der Waals surface area contributed by atoms with E-state index in [-0.39, 0.29) is 11.2 Å². The first-order valence-electron chi connectivity index (χ1n) is 5.32. The molecule has 0 unspecified atom stereocenters. The lowest BCUT2D eigenvalue weighted by Crippen LogP contribution is -2.47. The minimum atomic E-state index is 0.00810. The van der Waals surface area contributed by atoms with Crippen LogP contribution in [0.5, 0.6) is 0 Å². The van der Waals surface area contributed by atoms with Gasteiger partial charge in [0.25, 0.3) is 0 Å². The molecule has 0 aromatic carbocycles. The third-order valence-corrected chi connectivity index (χ3v) is 2.62. The molecular formula is C11H23NO. The molecule has 1 aliphatic carbocycles. The van der Waals surface area contributed by atoms with Crippen LogP contribution < -0.4 is 5.32 Å². The number of rotatable bonds is 4. The second-order valence-electron chi connectivity index (χ2n) is 5.10. The van der Waals surface area contributed by atoms with Crippen molar-refractivity contribution in [2.75, 3.05) is 13.6 Å². The summed E-state index contributed by atoms with van der Waals surface area (Å²) in [5.74, 6) is 0. The fraction of sp³-hybridized carbons (Fsp3) is 1.00. The fourth-order valence-corrected chi connectivity index (χ4v) is 1.98. The summed E-state index contributed by atoms with van der Waals surface area (Å²) in [5.41, 5.74) is 0.204. The van der Waals surface area contributed by atoms with Crippen LogP contribution in [0.3, 0.4) is 0 Å². The van der Waals surface area contributed by atoms with Crippen LogP contribution in [0, 0.1) is 0 Å². The fourth-order valence-electron chi connectivity index (χ4n) is 1.98. The Morgan fingerprint density at radius 2 is 1.92 bits per heavy atom. The topological polar surface area (TPSA) is 21.3 Å². The lowest BCUT2D eigenvalue weighted by molar-refractivity contribution is -0.173. The number of nitrogens with one attached hydrogen (secondary N) is 1. The van der Waals surface area contributed by atoms with Gasteiger partial charge in [-0.05, 0) is 60.0 Å². The Morgan fingerprint density at radius 1 is 1.31 bits per heavy atom. The van der Waals surface area contributed by atoms with E-state index in [0.29, 0.717) is 0 Å². The van der Waals surface area contributed by atoms with Crippen LogP contribution in [0.25, 0.3) is 0 Å². The number of hydrogen-bond acceptors (Lipinski definition) is 2. The van der Waals surface area contributed by atoms with Gasteiger partial charge < -0.3 is 10.1 Å². The SMILES string of the molecule is CNCCC1(OC(C)(C)C)CCC1. The van der Waals surface area contributed by atoms with Gasteiger partial charge >= 0.3 is 0 Å². The second-order valence-corrected chi connectivity index (χ2v) is 5.10. The number of ether oxygens (including phenoxy) is 1. The molecule has 0 heterocycles. The van der Waals surface area contributed by atoms with E-state index in [1.807, 2.05) is 7.05 Å². The minimum absolute atomic E-state index is 0.00810. The van der Waals surface area contributed by atoms with Crippen molar-refractivity contribution >= 4 is 0 Å². The molecule has 1 rings (SSSR count). The molecular weight excluding hydrogens is 162 g/mol. The molecule has 2 heteroatoms. The van der Waals surface area contributed by atoms with Crippen molar-refractivity contribution in [3.8, 4) is 0 Å². The minimum Gasteiger partial charge on any atom is -0.369 e. The predicted molar refractivity (Wildman–Crippen MR) is 56.0 cm³/mol. The Balaban J connectivity index is 2.40. The van der Waals surface area contributed by atoms with Crippen LogP contribution in [-0.2, 0) is 4.74 Å². The molecule has 13 heavy (non-hydrogen) atoms. The van der Waals surface area contributed by atoms with Crippen molar-refractivity contribution in [1.29, 1.82) is 0 Å².